The molecule has 2 aliphatic carbocycles. The predicted octanol–water partition coefficient (Wildman–Crippen LogP) is 15.8. The summed E-state index contributed by atoms with van der Waals surface area (Å²) in [7, 11) is 0. The molecule has 1 heteroatoms. The van der Waals surface area contributed by atoms with E-state index in [2.05, 4.69) is 257 Å². The Hall–Kier alpha value is -7.48. The molecule has 0 aromatic heterocycles. The summed E-state index contributed by atoms with van der Waals surface area (Å²) in [5, 5.41) is 2.59. The average Bonchev–Trinajstić information content (AvgIpc) is 3.62. The Bertz CT molecular complexity index is 3340. The lowest BCUT2D eigenvalue weighted by molar-refractivity contribution is 0.590. The van der Waals surface area contributed by atoms with Gasteiger partial charge in [-0.05, 0) is 144 Å². The van der Waals surface area contributed by atoms with Crippen LogP contribution in [-0.4, -0.2) is 0 Å². The molecule has 1 nitrogen and oxygen atoms in total. The first-order chi connectivity index (χ1) is 31.8. The molecule has 0 amide bonds. The minimum absolute atomic E-state index is 0.0719. The number of anilines is 3. The van der Waals surface area contributed by atoms with Gasteiger partial charge in [0.15, 0.2) is 0 Å². The fraction of sp³-hybridized carbons (Fsp3) is 0.125. The first-order valence-electron chi connectivity index (χ1n) is 23.2. The standard InChI is InChI=1S/C64H53N/c1-63(2,3)50-34-31-47(32-35-50)54-38-36-52(42-57(54)45-21-10-6-11-22-45)65(53-37-39-60-58(43-53)56-29-16-17-30-59(56)64(60,4)51-26-12-7-13-27-51)61-40-33-46-23-14-15-28-55(46)62(61)49-25-18-24-48(41-49)44-19-8-5-9-20-44/h5-13,16-43H,14-15H2,1-4H3. The Balaban J connectivity index is 1.18. The number of fused-ring (bicyclic) bond motifs is 4. The van der Waals surface area contributed by atoms with Crippen molar-refractivity contribution in [3.63, 3.8) is 0 Å². The van der Waals surface area contributed by atoms with Gasteiger partial charge in [-0.1, -0.05) is 209 Å². The zero-order chi connectivity index (χ0) is 44.1. The second-order valence-electron chi connectivity index (χ2n) is 18.9. The summed E-state index contributed by atoms with van der Waals surface area (Å²) in [6.45, 7) is 9.24. The van der Waals surface area contributed by atoms with Gasteiger partial charge >= 0.3 is 0 Å². The molecule has 314 valence electrons. The normalized spacial score (nSPS) is 15.0. The number of benzene rings is 9. The monoisotopic (exact) mass is 835 g/mol. The molecule has 0 saturated heterocycles. The van der Waals surface area contributed by atoms with E-state index in [4.69, 9.17) is 0 Å². The molecular formula is C64H53N. The van der Waals surface area contributed by atoms with E-state index in [0.29, 0.717) is 0 Å². The van der Waals surface area contributed by atoms with E-state index < -0.39 is 0 Å². The Morgan fingerprint density at radius 3 is 1.74 bits per heavy atom. The molecule has 0 bridgehead atoms. The minimum atomic E-state index is -0.291. The van der Waals surface area contributed by atoms with Gasteiger partial charge in [0.25, 0.3) is 0 Å². The van der Waals surface area contributed by atoms with Crippen LogP contribution < -0.4 is 15.3 Å². The van der Waals surface area contributed by atoms with Crippen LogP contribution in [0.4, 0.5) is 17.1 Å². The van der Waals surface area contributed by atoms with Gasteiger partial charge in [0.1, 0.15) is 0 Å². The average molecular weight is 836 g/mol. The maximum atomic E-state index is 2.53. The van der Waals surface area contributed by atoms with Gasteiger partial charge in [-0.2, -0.15) is 0 Å². The lowest BCUT2D eigenvalue weighted by Crippen LogP contribution is -2.30. The molecule has 9 aromatic carbocycles. The lowest BCUT2D eigenvalue weighted by Gasteiger charge is -2.31. The van der Waals surface area contributed by atoms with E-state index in [9.17, 15) is 0 Å². The third-order valence-electron chi connectivity index (χ3n) is 14.0. The molecule has 0 spiro atoms. The van der Waals surface area contributed by atoms with Crippen molar-refractivity contribution < 1.29 is 0 Å². The molecule has 65 heavy (non-hydrogen) atoms. The van der Waals surface area contributed by atoms with Crippen molar-refractivity contribution in [2.24, 2.45) is 0 Å². The highest BCUT2D eigenvalue weighted by atomic mass is 15.1. The van der Waals surface area contributed by atoms with Crippen molar-refractivity contribution in [2.45, 2.75) is 51.4 Å². The van der Waals surface area contributed by atoms with Crippen LogP contribution >= 0.6 is 0 Å². The van der Waals surface area contributed by atoms with E-state index >= 15 is 0 Å². The maximum absolute atomic E-state index is 2.53. The van der Waals surface area contributed by atoms with Crippen LogP contribution in [0.2, 0.25) is 0 Å². The zero-order valence-corrected chi connectivity index (χ0v) is 37.7. The fourth-order valence-corrected chi connectivity index (χ4v) is 10.5. The first kappa shape index (κ1) is 40.3. The van der Waals surface area contributed by atoms with Gasteiger partial charge in [0.05, 0.1) is 5.69 Å². The molecular weight excluding hydrogens is 783 g/mol. The predicted molar refractivity (Wildman–Crippen MR) is 276 cm³/mol. The molecule has 9 aromatic rings. The summed E-state index contributed by atoms with van der Waals surface area (Å²) < 4.78 is 0. The lowest BCUT2D eigenvalue weighted by atomic mass is 9.74. The van der Waals surface area contributed by atoms with Crippen LogP contribution in [0.15, 0.2) is 212 Å². The Labute approximate surface area is 384 Å². The highest BCUT2D eigenvalue weighted by Gasteiger charge is 2.41. The summed E-state index contributed by atoms with van der Waals surface area (Å²) in [4.78, 5) is 2.53. The van der Waals surface area contributed by atoms with Gasteiger partial charge in [-0.15, -0.1) is 0 Å². The topological polar surface area (TPSA) is 3.24 Å². The highest BCUT2D eigenvalue weighted by molar-refractivity contribution is 5.95. The smallest absolute Gasteiger partial charge is 0.0546 e. The molecule has 1 unspecified atom stereocenters. The van der Waals surface area contributed by atoms with Crippen molar-refractivity contribution >= 4 is 29.2 Å². The second-order valence-corrected chi connectivity index (χ2v) is 18.9. The van der Waals surface area contributed by atoms with Crippen LogP contribution in [0, 0.1) is 0 Å². The molecule has 0 aliphatic heterocycles. The van der Waals surface area contributed by atoms with E-state index in [0.717, 1.165) is 29.9 Å². The van der Waals surface area contributed by atoms with Gasteiger partial charge in [-0.25, -0.2) is 0 Å². The summed E-state index contributed by atoms with van der Waals surface area (Å²) in [6.07, 6.45) is 6.93. The molecule has 0 fully saturated rings. The van der Waals surface area contributed by atoms with Gasteiger partial charge < -0.3 is 4.90 Å². The van der Waals surface area contributed by atoms with E-state index in [1.54, 1.807) is 0 Å². The second kappa shape index (κ2) is 16.3. The summed E-state index contributed by atoms with van der Waals surface area (Å²) >= 11 is 0. The Morgan fingerprint density at radius 2 is 1.00 bits per heavy atom. The first-order valence-corrected chi connectivity index (χ1v) is 23.2. The van der Waals surface area contributed by atoms with E-state index in [1.165, 1.54) is 88.3 Å². The molecule has 1 atom stereocenters. The van der Waals surface area contributed by atoms with Crippen molar-refractivity contribution in [1.29, 1.82) is 0 Å². The number of hydrogen-bond donors (Lipinski definition) is 0. The van der Waals surface area contributed by atoms with Crippen LogP contribution in [0.1, 0.15) is 62.8 Å². The molecule has 11 rings (SSSR count). The maximum Gasteiger partial charge on any atom is 0.0546 e. The minimum Gasteiger partial charge on any atom is -0.310 e. The van der Waals surface area contributed by atoms with Crippen LogP contribution in [0.3, 0.4) is 0 Å². The number of rotatable bonds is 8. The largest absolute Gasteiger partial charge is 0.310 e. The summed E-state index contributed by atoms with van der Waals surface area (Å²) in [6, 6.07) is 79.1. The molecule has 2 aliphatic rings. The van der Waals surface area contributed by atoms with Crippen molar-refractivity contribution in [2.75, 3.05) is 4.90 Å². The van der Waals surface area contributed by atoms with E-state index in [1.807, 2.05) is 0 Å². The summed E-state index contributed by atoms with van der Waals surface area (Å²) in [5.41, 5.74) is 20.7. The third-order valence-corrected chi connectivity index (χ3v) is 14.0. The quantitative estimate of drug-likeness (QED) is 0.147. The summed E-state index contributed by atoms with van der Waals surface area (Å²) in [5.74, 6) is 0. The molecule has 0 heterocycles. The zero-order valence-electron chi connectivity index (χ0n) is 37.7. The van der Waals surface area contributed by atoms with Crippen LogP contribution in [0.25, 0.3) is 67.8 Å². The van der Waals surface area contributed by atoms with Gasteiger partial charge in [0.2, 0.25) is 0 Å². The van der Waals surface area contributed by atoms with Crippen LogP contribution in [0.5, 0.6) is 0 Å². The van der Waals surface area contributed by atoms with Crippen molar-refractivity contribution in [1.82, 2.24) is 0 Å². The number of nitrogens with zero attached hydrogens (tertiary/aromatic N) is 1. The molecule has 0 radical (unpaired) electrons. The number of hydrogen-bond acceptors (Lipinski definition) is 1. The van der Waals surface area contributed by atoms with E-state index in [-0.39, 0.29) is 10.8 Å². The Morgan fingerprint density at radius 1 is 0.415 bits per heavy atom. The highest BCUT2D eigenvalue weighted by Crippen LogP contribution is 2.54. The molecule has 0 N–H and O–H groups in total. The van der Waals surface area contributed by atoms with Crippen molar-refractivity contribution in [3.8, 4) is 55.6 Å². The Kier molecular flexibility index (Phi) is 10.1. The SMILES string of the molecule is CC(C)(C)c1ccc(-c2ccc(N(c3ccc4c(c3)-c3ccccc3C4(C)c3ccccc3)c3ccc4c(c3-c3cccc(-c5ccccc5)c3)=CCCC=4)cc2-c2ccccc2)cc1. The third kappa shape index (κ3) is 7.13. The van der Waals surface area contributed by atoms with Crippen LogP contribution in [-0.2, 0) is 10.8 Å². The fourth-order valence-electron chi connectivity index (χ4n) is 10.5. The van der Waals surface area contributed by atoms with Crippen molar-refractivity contribution in [3.05, 3.63) is 245 Å². The van der Waals surface area contributed by atoms with Gasteiger partial charge in [-0.3, -0.25) is 0 Å². The van der Waals surface area contributed by atoms with Gasteiger partial charge in [0, 0.05) is 22.4 Å². The molecule has 0 saturated carbocycles.